The summed E-state index contributed by atoms with van der Waals surface area (Å²) in [6, 6.07) is 8.35. The summed E-state index contributed by atoms with van der Waals surface area (Å²) in [5.74, 6) is 0.615. The third-order valence-corrected chi connectivity index (χ3v) is 5.10. The van der Waals surface area contributed by atoms with E-state index in [1.54, 1.807) is 5.38 Å². The maximum Gasteiger partial charge on any atom is 0.307 e. The van der Waals surface area contributed by atoms with Gasteiger partial charge in [-0.1, -0.05) is 63.3 Å². The highest BCUT2D eigenvalue weighted by Crippen LogP contribution is 2.24. The van der Waals surface area contributed by atoms with Crippen LogP contribution in [0.15, 0.2) is 34.4 Å². The topological polar surface area (TPSA) is 51.1 Å². The fourth-order valence-corrected chi connectivity index (χ4v) is 3.42. The van der Waals surface area contributed by atoms with Crippen molar-refractivity contribution in [2.75, 3.05) is 0 Å². The van der Waals surface area contributed by atoms with E-state index >= 15 is 0 Å². The lowest BCUT2D eigenvalue weighted by Gasteiger charge is -2.23. The van der Waals surface area contributed by atoms with Gasteiger partial charge in [0.25, 0.3) is 0 Å². The lowest BCUT2D eigenvalue weighted by atomic mass is 9.93. The standard InChI is InChI=1S/C19H26N2O2S/c1-12(2)15-6-8-16(9-7-15)18(13(3)4)20-17(22)10-21-14(5)11-24-19(21)23/h6-9,11-13,18H,10H2,1-5H3,(H,20,22). The highest BCUT2D eigenvalue weighted by molar-refractivity contribution is 7.07. The molecule has 2 rings (SSSR count). The van der Waals surface area contributed by atoms with Gasteiger partial charge < -0.3 is 5.32 Å². The number of hydrogen-bond acceptors (Lipinski definition) is 3. The monoisotopic (exact) mass is 346 g/mol. The normalized spacial score (nSPS) is 12.6. The predicted molar refractivity (Wildman–Crippen MR) is 99.6 cm³/mol. The van der Waals surface area contributed by atoms with Crippen LogP contribution < -0.4 is 10.2 Å². The summed E-state index contributed by atoms with van der Waals surface area (Å²) in [6.45, 7) is 10.4. The van der Waals surface area contributed by atoms with E-state index in [1.807, 2.05) is 6.92 Å². The molecule has 1 aromatic carbocycles. The third-order valence-electron chi connectivity index (χ3n) is 4.22. The number of carbonyl (C=O) groups excluding carboxylic acids is 1. The van der Waals surface area contributed by atoms with Crippen molar-refractivity contribution in [3.05, 3.63) is 56.1 Å². The SMILES string of the molecule is Cc1csc(=O)n1CC(=O)NC(c1ccc(C(C)C)cc1)C(C)C. The molecule has 1 unspecified atom stereocenters. The molecule has 1 heterocycles. The van der Waals surface area contributed by atoms with Crippen molar-refractivity contribution in [3.8, 4) is 0 Å². The van der Waals surface area contributed by atoms with E-state index in [9.17, 15) is 9.59 Å². The van der Waals surface area contributed by atoms with Crippen molar-refractivity contribution in [1.29, 1.82) is 0 Å². The van der Waals surface area contributed by atoms with Crippen molar-refractivity contribution >= 4 is 17.2 Å². The number of carbonyl (C=O) groups is 1. The Bertz CT molecular complexity index is 741. The molecule has 0 aliphatic rings. The third kappa shape index (κ3) is 4.35. The largest absolute Gasteiger partial charge is 0.347 e. The van der Waals surface area contributed by atoms with Crippen LogP contribution in [0.5, 0.6) is 0 Å². The van der Waals surface area contributed by atoms with E-state index in [0.29, 0.717) is 5.92 Å². The van der Waals surface area contributed by atoms with Gasteiger partial charge in [0.2, 0.25) is 5.91 Å². The fourth-order valence-electron chi connectivity index (χ4n) is 2.68. The van der Waals surface area contributed by atoms with Crippen molar-refractivity contribution in [2.24, 2.45) is 5.92 Å². The fraction of sp³-hybridized carbons (Fsp3) is 0.474. The van der Waals surface area contributed by atoms with E-state index < -0.39 is 0 Å². The van der Waals surface area contributed by atoms with Crippen molar-refractivity contribution in [1.82, 2.24) is 9.88 Å². The summed E-state index contributed by atoms with van der Waals surface area (Å²) in [7, 11) is 0. The van der Waals surface area contributed by atoms with Gasteiger partial charge in [-0.3, -0.25) is 14.2 Å². The second kappa shape index (κ2) is 7.79. The van der Waals surface area contributed by atoms with Gasteiger partial charge >= 0.3 is 4.87 Å². The van der Waals surface area contributed by atoms with Crippen LogP contribution in [-0.2, 0) is 11.3 Å². The molecule has 5 heteroatoms. The van der Waals surface area contributed by atoms with Crippen LogP contribution >= 0.6 is 11.3 Å². The van der Waals surface area contributed by atoms with Crippen LogP contribution in [0.2, 0.25) is 0 Å². The molecular formula is C19H26N2O2S. The number of hydrogen-bond donors (Lipinski definition) is 1. The van der Waals surface area contributed by atoms with Gasteiger partial charge in [0.15, 0.2) is 0 Å². The molecule has 0 aliphatic heterocycles. The Labute approximate surface area is 147 Å². The molecule has 0 bridgehead atoms. The maximum atomic E-state index is 12.4. The first kappa shape index (κ1) is 18.5. The first-order chi connectivity index (χ1) is 11.3. The zero-order valence-corrected chi connectivity index (χ0v) is 15.8. The Balaban J connectivity index is 2.13. The summed E-state index contributed by atoms with van der Waals surface area (Å²) in [6.07, 6.45) is 0. The molecule has 0 saturated heterocycles. The number of amides is 1. The van der Waals surface area contributed by atoms with Gasteiger partial charge in [-0.2, -0.15) is 0 Å². The van der Waals surface area contributed by atoms with Gasteiger partial charge in [0.1, 0.15) is 6.54 Å². The van der Waals surface area contributed by atoms with E-state index in [0.717, 1.165) is 22.6 Å². The molecule has 0 radical (unpaired) electrons. The number of aryl methyl sites for hydroxylation is 1. The molecular weight excluding hydrogens is 320 g/mol. The summed E-state index contributed by atoms with van der Waals surface area (Å²) < 4.78 is 1.51. The summed E-state index contributed by atoms with van der Waals surface area (Å²) in [5.41, 5.74) is 3.20. The summed E-state index contributed by atoms with van der Waals surface area (Å²) in [4.78, 5) is 24.1. The highest BCUT2D eigenvalue weighted by atomic mass is 32.1. The van der Waals surface area contributed by atoms with E-state index in [2.05, 4.69) is 57.3 Å². The Morgan fingerprint density at radius 1 is 1.12 bits per heavy atom. The van der Waals surface area contributed by atoms with Crippen LogP contribution in [0.3, 0.4) is 0 Å². The maximum absolute atomic E-state index is 12.4. The molecule has 1 atom stereocenters. The summed E-state index contributed by atoms with van der Waals surface area (Å²) in [5, 5.41) is 4.86. The number of nitrogens with one attached hydrogen (secondary N) is 1. The van der Waals surface area contributed by atoms with Crippen LogP contribution in [-0.4, -0.2) is 10.5 Å². The molecule has 24 heavy (non-hydrogen) atoms. The average Bonchev–Trinajstić information content (AvgIpc) is 2.84. The van der Waals surface area contributed by atoms with Crippen molar-refractivity contribution in [3.63, 3.8) is 0 Å². The quantitative estimate of drug-likeness (QED) is 0.863. The molecule has 1 aromatic heterocycles. The van der Waals surface area contributed by atoms with Gasteiger partial charge in [0.05, 0.1) is 6.04 Å². The molecule has 0 aliphatic carbocycles. The van der Waals surface area contributed by atoms with Gasteiger partial charge in [-0.05, 0) is 29.9 Å². The number of benzene rings is 1. The molecule has 0 fully saturated rings. The second-order valence-electron chi connectivity index (χ2n) is 6.84. The zero-order valence-electron chi connectivity index (χ0n) is 15.0. The Morgan fingerprint density at radius 2 is 1.71 bits per heavy atom. The minimum absolute atomic E-state index is 0.0617. The lowest BCUT2D eigenvalue weighted by Crippen LogP contribution is -2.36. The highest BCUT2D eigenvalue weighted by Gasteiger charge is 2.19. The molecule has 1 N–H and O–H groups in total. The Hall–Kier alpha value is -1.88. The first-order valence-corrected chi connectivity index (χ1v) is 9.21. The van der Waals surface area contributed by atoms with Gasteiger partial charge in [-0.25, -0.2) is 0 Å². The van der Waals surface area contributed by atoms with Crippen molar-refractivity contribution < 1.29 is 4.79 Å². The van der Waals surface area contributed by atoms with E-state index in [-0.39, 0.29) is 29.3 Å². The van der Waals surface area contributed by atoms with Gasteiger partial charge in [0, 0.05) is 11.1 Å². The van der Waals surface area contributed by atoms with Crippen LogP contribution in [0, 0.1) is 12.8 Å². The molecule has 0 saturated carbocycles. The Kier molecular flexibility index (Phi) is 5.99. The molecule has 4 nitrogen and oxygen atoms in total. The average molecular weight is 346 g/mol. The second-order valence-corrected chi connectivity index (χ2v) is 7.66. The molecule has 1 amide bonds. The summed E-state index contributed by atoms with van der Waals surface area (Å²) >= 11 is 1.13. The lowest BCUT2D eigenvalue weighted by molar-refractivity contribution is -0.122. The van der Waals surface area contributed by atoms with Crippen molar-refractivity contribution in [2.45, 2.75) is 53.1 Å². The number of thiazole rings is 1. The molecule has 130 valence electrons. The van der Waals surface area contributed by atoms with E-state index in [4.69, 9.17) is 0 Å². The molecule has 2 aromatic rings. The smallest absolute Gasteiger partial charge is 0.307 e. The van der Waals surface area contributed by atoms with E-state index in [1.165, 1.54) is 10.1 Å². The van der Waals surface area contributed by atoms with Crippen LogP contribution in [0.4, 0.5) is 0 Å². The van der Waals surface area contributed by atoms with Gasteiger partial charge in [-0.15, -0.1) is 0 Å². The first-order valence-electron chi connectivity index (χ1n) is 8.33. The Morgan fingerprint density at radius 3 is 2.17 bits per heavy atom. The van der Waals surface area contributed by atoms with Crippen LogP contribution in [0.1, 0.15) is 56.5 Å². The number of aromatic nitrogens is 1. The minimum Gasteiger partial charge on any atom is -0.347 e. The minimum atomic E-state index is -0.134. The zero-order chi connectivity index (χ0) is 17.9. The number of nitrogens with zero attached hydrogens (tertiary/aromatic N) is 1. The predicted octanol–water partition coefficient (Wildman–Crippen LogP) is 3.86. The number of rotatable bonds is 6. The van der Waals surface area contributed by atoms with Crippen LogP contribution in [0.25, 0.3) is 0 Å². The molecule has 0 spiro atoms.